The molecule has 0 aromatic carbocycles. The Morgan fingerprint density at radius 1 is 1.47 bits per heavy atom. The molecular weight excluding hydrogens is 446 g/mol. The number of β-lactam (4-membered cyclic amide) rings is 1. The first kappa shape index (κ1) is 21.6. The van der Waals surface area contributed by atoms with Crippen LogP contribution in [-0.4, -0.2) is 63.2 Å². The number of oxime groups is 1. The van der Waals surface area contributed by atoms with Gasteiger partial charge in [-0.3, -0.25) is 14.1 Å². The van der Waals surface area contributed by atoms with E-state index in [0.29, 0.717) is 30.4 Å². The van der Waals surface area contributed by atoms with Crippen LogP contribution in [0.3, 0.4) is 0 Å². The van der Waals surface area contributed by atoms with Crippen LogP contribution in [0.4, 0.5) is 5.13 Å². The van der Waals surface area contributed by atoms with E-state index in [9.17, 15) is 22.8 Å². The molecule has 2 amide bonds. The van der Waals surface area contributed by atoms with Gasteiger partial charge < -0.3 is 21.0 Å². The van der Waals surface area contributed by atoms with Crippen molar-refractivity contribution in [2.45, 2.75) is 30.8 Å². The quantitative estimate of drug-likeness (QED) is 0.0923. The molecule has 0 radical (unpaired) electrons. The van der Waals surface area contributed by atoms with Crippen LogP contribution in [0.25, 0.3) is 0 Å². The maximum atomic E-state index is 12.7. The fourth-order valence-electron chi connectivity index (χ4n) is 3.02. The van der Waals surface area contributed by atoms with Crippen molar-refractivity contribution in [1.29, 1.82) is 0 Å². The van der Waals surface area contributed by atoms with E-state index in [1.807, 2.05) is 0 Å². The Morgan fingerprint density at radius 2 is 2.17 bits per heavy atom. The highest BCUT2D eigenvalue weighted by atomic mass is 32.3. The largest absolute Gasteiger partial charge is 0.478 e. The van der Waals surface area contributed by atoms with Crippen molar-refractivity contribution in [3.63, 3.8) is 0 Å². The standard InChI is InChI=1S/C14H15N5O9S2/c15-13-16-7(6-29-13)9(18-27-5-2-8(20)21)11(22)17-10-12(23)19(28-30(24,25)26)14(10)3-1-4-14/h2,5-6,10H,1,3-4H2,(H2,15,16)(H,17,22)(H,20,21)(H,24,25,26). The summed E-state index contributed by atoms with van der Waals surface area (Å²) in [7, 11) is -4.92. The summed E-state index contributed by atoms with van der Waals surface area (Å²) in [6.45, 7) is 0. The van der Waals surface area contributed by atoms with E-state index >= 15 is 0 Å². The van der Waals surface area contributed by atoms with Gasteiger partial charge in [0, 0.05) is 5.38 Å². The number of aliphatic carboxylic acids is 1. The molecule has 162 valence electrons. The number of nitrogen functional groups attached to an aromatic ring is 1. The first-order chi connectivity index (χ1) is 14.0. The van der Waals surface area contributed by atoms with Gasteiger partial charge >= 0.3 is 16.4 Å². The highest BCUT2D eigenvalue weighted by Crippen LogP contribution is 2.48. The minimum Gasteiger partial charge on any atom is -0.478 e. The summed E-state index contributed by atoms with van der Waals surface area (Å²) < 4.78 is 35.1. The zero-order valence-corrected chi connectivity index (χ0v) is 16.6. The third kappa shape index (κ3) is 4.25. The lowest BCUT2D eigenvalue weighted by Crippen LogP contribution is -2.81. The van der Waals surface area contributed by atoms with Crippen LogP contribution >= 0.6 is 11.3 Å². The molecule has 2 aliphatic rings. The van der Waals surface area contributed by atoms with E-state index in [2.05, 4.69) is 24.6 Å². The van der Waals surface area contributed by atoms with E-state index in [0.717, 1.165) is 17.6 Å². The minimum atomic E-state index is -4.92. The predicted octanol–water partition coefficient (Wildman–Crippen LogP) is -0.972. The van der Waals surface area contributed by atoms with Crippen LogP contribution < -0.4 is 11.1 Å². The number of anilines is 1. The maximum absolute atomic E-state index is 12.7. The summed E-state index contributed by atoms with van der Waals surface area (Å²) in [6.07, 6.45) is 2.64. The molecule has 2 fully saturated rings. The lowest BCUT2D eigenvalue weighted by molar-refractivity contribution is -0.243. The van der Waals surface area contributed by atoms with Gasteiger partial charge in [0.15, 0.2) is 10.8 Å². The molecule has 0 bridgehead atoms. The monoisotopic (exact) mass is 461 g/mol. The molecule has 1 saturated heterocycles. The molecule has 1 unspecified atom stereocenters. The highest BCUT2D eigenvalue weighted by molar-refractivity contribution is 7.80. The van der Waals surface area contributed by atoms with Crippen molar-refractivity contribution >= 4 is 50.4 Å². The number of hydrogen-bond acceptors (Lipinski definition) is 11. The van der Waals surface area contributed by atoms with Crippen LogP contribution in [0.1, 0.15) is 25.0 Å². The average molecular weight is 461 g/mol. The van der Waals surface area contributed by atoms with Gasteiger partial charge in [0.2, 0.25) is 0 Å². The first-order valence-corrected chi connectivity index (χ1v) is 10.4. The molecule has 5 N–H and O–H groups in total. The van der Waals surface area contributed by atoms with Gasteiger partial charge in [0.05, 0.1) is 6.08 Å². The van der Waals surface area contributed by atoms with Gasteiger partial charge in [-0.25, -0.2) is 9.78 Å². The third-order valence-corrected chi connectivity index (χ3v) is 5.46. The number of carboxylic acids is 1. The second kappa shape index (κ2) is 7.98. The van der Waals surface area contributed by atoms with Crippen molar-refractivity contribution in [3.8, 4) is 0 Å². The van der Waals surface area contributed by atoms with Crippen LogP contribution in [-0.2, 0) is 33.9 Å². The smallest absolute Gasteiger partial charge is 0.418 e. The number of carboxylic acid groups (broad SMARTS) is 1. The molecule has 1 atom stereocenters. The van der Waals surface area contributed by atoms with Crippen LogP contribution in [0.15, 0.2) is 22.9 Å². The SMILES string of the molecule is Nc1nc(C(=NOC=CC(=O)O)C(=O)NC2C(=O)N(OS(=O)(=O)O)C23CCC3)cs1. The van der Waals surface area contributed by atoms with Crippen LogP contribution in [0.5, 0.6) is 0 Å². The zero-order chi connectivity index (χ0) is 22.1. The molecule has 1 aliphatic heterocycles. The summed E-state index contributed by atoms with van der Waals surface area (Å²) in [5.41, 5.74) is 4.05. The van der Waals surface area contributed by atoms with Crippen LogP contribution in [0.2, 0.25) is 0 Å². The van der Waals surface area contributed by atoms with Gasteiger partial charge in [0.1, 0.15) is 23.5 Å². The van der Waals surface area contributed by atoms with Crippen molar-refractivity contribution in [1.82, 2.24) is 15.4 Å². The van der Waals surface area contributed by atoms with Gasteiger partial charge in [-0.05, 0) is 19.3 Å². The molecule has 1 saturated carbocycles. The first-order valence-electron chi connectivity index (χ1n) is 8.20. The topological polar surface area (TPSA) is 211 Å². The summed E-state index contributed by atoms with van der Waals surface area (Å²) in [5, 5.41) is 16.6. The molecule has 30 heavy (non-hydrogen) atoms. The molecule has 1 aromatic rings. The Bertz CT molecular complexity index is 1040. The van der Waals surface area contributed by atoms with Gasteiger partial charge in [0.25, 0.3) is 11.8 Å². The second-order valence-corrected chi connectivity index (χ2v) is 8.15. The number of carbonyl (C=O) groups is 3. The number of carbonyl (C=O) groups excluding carboxylic acids is 2. The highest BCUT2D eigenvalue weighted by Gasteiger charge is 2.66. The van der Waals surface area contributed by atoms with Crippen molar-refractivity contribution in [2.24, 2.45) is 5.16 Å². The Balaban J connectivity index is 1.79. The molecule has 16 heteroatoms. The number of aromatic nitrogens is 1. The van der Waals surface area contributed by atoms with E-state index in [1.165, 1.54) is 5.38 Å². The molecule has 2 heterocycles. The van der Waals surface area contributed by atoms with Crippen LogP contribution in [0, 0.1) is 0 Å². The van der Waals surface area contributed by atoms with Gasteiger partial charge in [-0.2, -0.15) is 13.5 Å². The lowest BCUT2D eigenvalue weighted by Gasteiger charge is -2.59. The summed E-state index contributed by atoms with van der Waals surface area (Å²) in [5.74, 6) is -3.09. The fourth-order valence-corrected chi connectivity index (χ4v) is 3.98. The lowest BCUT2D eigenvalue weighted by atomic mass is 9.65. The molecule has 1 aliphatic carbocycles. The number of nitrogens with zero attached hydrogens (tertiary/aromatic N) is 3. The minimum absolute atomic E-state index is 0.0131. The maximum Gasteiger partial charge on any atom is 0.418 e. The number of hydrogen-bond donors (Lipinski definition) is 4. The number of nitrogens with one attached hydrogen (secondary N) is 1. The van der Waals surface area contributed by atoms with Gasteiger partial charge in [-0.1, -0.05) is 5.16 Å². The Morgan fingerprint density at radius 3 is 2.67 bits per heavy atom. The molecule has 1 aromatic heterocycles. The van der Waals surface area contributed by atoms with E-state index in [1.54, 1.807) is 0 Å². The third-order valence-electron chi connectivity index (χ3n) is 4.45. The van der Waals surface area contributed by atoms with E-state index in [-0.39, 0.29) is 10.8 Å². The Labute approximate surface area is 172 Å². The van der Waals surface area contributed by atoms with E-state index < -0.39 is 45.5 Å². The number of nitrogens with two attached hydrogens (primary N) is 1. The zero-order valence-electron chi connectivity index (χ0n) is 14.9. The van der Waals surface area contributed by atoms with Crippen molar-refractivity contribution in [2.75, 3.05) is 5.73 Å². The summed E-state index contributed by atoms with van der Waals surface area (Å²) in [6, 6.07) is -1.14. The Kier molecular flexibility index (Phi) is 5.75. The predicted molar refractivity (Wildman–Crippen MR) is 98.9 cm³/mol. The summed E-state index contributed by atoms with van der Waals surface area (Å²) >= 11 is 1.00. The average Bonchev–Trinajstić information content (AvgIpc) is 3.03. The van der Waals surface area contributed by atoms with E-state index in [4.69, 9.17) is 15.4 Å². The van der Waals surface area contributed by atoms with Crippen molar-refractivity contribution in [3.05, 3.63) is 23.4 Å². The number of amides is 2. The number of thiazole rings is 1. The second-order valence-electron chi connectivity index (χ2n) is 6.26. The van der Waals surface area contributed by atoms with Gasteiger partial charge in [-0.15, -0.1) is 15.6 Å². The normalized spacial score (nSPS) is 20.7. The van der Waals surface area contributed by atoms with Crippen molar-refractivity contribution < 1.29 is 41.6 Å². The number of rotatable bonds is 8. The molecular formula is C14H15N5O9S2. The molecule has 3 rings (SSSR count). The molecule has 1 spiro atoms. The summed E-state index contributed by atoms with van der Waals surface area (Å²) in [4.78, 5) is 44.1. The number of hydroxylamine groups is 2. The Hall–Kier alpha value is -3.08. The fraction of sp³-hybridized carbons (Fsp3) is 0.357. The molecule has 14 nitrogen and oxygen atoms in total.